The molecule has 0 aliphatic carbocycles. The van der Waals surface area contributed by atoms with Gasteiger partial charge in [0.2, 0.25) is 0 Å². The third-order valence-electron chi connectivity index (χ3n) is 4.58. The summed E-state index contributed by atoms with van der Waals surface area (Å²) in [6, 6.07) is 0.699. The summed E-state index contributed by atoms with van der Waals surface area (Å²) in [5, 5.41) is 12.7. The lowest BCUT2D eigenvalue weighted by molar-refractivity contribution is -0.151. The highest BCUT2D eigenvalue weighted by atomic mass is 16.5. The minimum Gasteiger partial charge on any atom is -0.503 e. The zero-order chi connectivity index (χ0) is 18.4. The number of rotatable bonds is 4. The number of pyridine rings is 1. The summed E-state index contributed by atoms with van der Waals surface area (Å²) in [5.74, 6) is -0.756. The first-order valence-electron chi connectivity index (χ1n) is 8.69. The summed E-state index contributed by atoms with van der Waals surface area (Å²) in [5.41, 5.74) is -0.175. The summed E-state index contributed by atoms with van der Waals surface area (Å²) in [4.78, 5) is 28.7. The summed E-state index contributed by atoms with van der Waals surface area (Å²) in [6.07, 6.45) is 5.37. The molecular formula is C18H26N2O5. The van der Waals surface area contributed by atoms with Crippen molar-refractivity contribution in [3.8, 4) is 11.5 Å². The monoisotopic (exact) mass is 350 g/mol. The second-order valence-electron chi connectivity index (χ2n) is 6.42. The molecule has 1 saturated heterocycles. The van der Waals surface area contributed by atoms with E-state index >= 15 is 0 Å². The molecule has 2 N–H and O–H groups in total. The van der Waals surface area contributed by atoms with Gasteiger partial charge in [0.05, 0.1) is 13.2 Å². The fourth-order valence-corrected chi connectivity index (χ4v) is 3.14. The van der Waals surface area contributed by atoms with E-state index in [1.165, 1.54) is 19.4 Å². The molecule has 25 heavy (non-hydrogen) atoms. The van der Waals surface area contributed by atoms with Gasteiger partial charge < -0.3 is 19.9 Å². The fraction of sp³-hybridized carbons (Fsp3) is 0.611. The Morgan fingerprint density at radius 3 is 2.92 bits per heavy atom. The minimum atomic E-state index is -0.752. The quantitative estimate of drug-likeness (QED) is 0.810. The molecule has 7 heteroatoms. The maximum Gasteiger partial charge on any atom is 0.328 e. The van der Waals surface area contributed by atoms with Crippen molar-refractivity contribution in [3.63, 3.8) is 0 Å². The van der Waals surface area contributed by atoms with Crippen LogP contribution in [0.1, 0.15) is 56.4 Å². The topological polar surface area (TPSA) is 97.8 Å². The van der Waals surface area contributed by atoms with Gasteiger partial charge in [-0.2, -0.15) is 0 Å². The lowest BCUT2D eigenvalue weighted by Gasteiger charge is -2.20. The van der Waals surface area contributed by atoms with E-state index < -0.39 is 17.9 Å². The fourth-order valence-electron chi connectivity index (χ4n) is 3.14. The van der Waals surface area contributed by atoms with Crippen LogP contribution in [0.4, 0.5) is 0 Å². The smallest absolute Gasteiger partial charge is 0.328 e. The van der Waals surface area contributed by atoms with E-state index in [0.717, 1.165) is 25.7 Å². The van der Waals surface area contributed by atoms with Gasteiger partial charge in [0.1, 0.15) is 6.04 Å². The van der Waals surface area contributed by atoms with Crippen LogP contribution in [0.15, 0.2) is 12.3 Å². The Morgan fingerprint density at radius 2 is 2.24 bits per heavy atom. The van der Waals surface area contributed by atoms with Gasteiger partial charge in [-0.1, -0.05) is 26.2 Å². The highest BCUT2D eigenvalue weighted by Gasteiger charge is 2.29. The van der Waals surface area contributed by atoms with Crippen molar-refractivity contribution in [3.05, 3.63) is 18.0 Å². The third kappa shape index (κ3) is 4.84. The second kappa shape index (κ2) is 8.69. The summed E-state index contributed by atoms with van der Waals surface area (Å²) >= 11 is 0. The highest BCUT2D eigenvalue weighted by molar-refractivity contribution is 5.97. The molecule has 1 aromatic heterocycles. The van der Waals surface area contributed by atoms with E-state index in [1.54, 1.807) is 0 Å². The number of cyclic esters (lactones) is 1. The zero-order valence-electron chi connectivity index (χ0n) is 14.9. The van der Waals surface area contributed by atoms with Crippen molar-refractivity contribution in [2.75, 3.05) is 7.11 Å². The number of carbonyl (C=O) groups is 2. The van der Waals surface area contributed by atoms with E-state index in [-0.39, 0.29) is 23.3 Å². The molecule has 0 radical (unpaired) electrons. The Morgan fingerprint density at radius 1 is 1.48 bits per heavy atom. The van der Waals surface area contributed by atoms with Crippen LogP contribution in [0.3, 0.4) is 0 Å². The highest BCUT2D eigenvalue weighted by Crippen LogP contribution is 2.28. The largest absolute Gasteiger partial charge is 0.503 e. The number of carbonyl (C=O) groups excluding carboxylic acids is 2. The predicted molar refractivity (Wildman–Crippen MR) is 91.5 cm³/mol. The van der Waals surface area contributed by atoms with Crippen LogP contribution < -0.4 is 10.1 Å². The van der Waals surface area contributed by atoms with Gasteiger partial charge in [-0.05, 0) is 25.7 Å². The van der Waals surface area contributed by atoms with Crippen molar-refractivity contribution in [2.24, 2.45) is 5.92 Å². The Kier molecular flexibility index (Phi) is 6.61. The number of aromatic nitrogens is 1. The van der Waals surface area contributed by atoms with Crippen LogP contribution in [-0.4, -0.2) is 41.2 Å². The normalized spacial score (nSPS) is 24.4. The number of methoxy groups -OCH3 is 1. The Hall–Kier alpha value is -2.31. The number of amides is 1. The molecule has 2 rings (SSSR count). The molecule has 1 fully saturated rings. The van der Waals surface area contributed by atoms with Crippen LogP contribution in [0.2, 0.25) is 0 Å². The maximum atomic E-state index is 12.4. The molecular weight excluding hydrogens is 324 g/mol. The van der Waals surface area contributed by atoms with Crippen molar-refractivity contribution in [1.82, 2.24) is 10.3 Å². The Labute approximate surface area is 147 Å². The number of esters is 1. The van der Waals surface area contributed by atoms with E-state index in [0.29, 0.717) is 12.3 Å². The molecule has 1 aliphatic heterocycles. The van der Waals surface area contributed by atoms with Crippen molar-refractivity contribution in [1.29, 1.82) is 0 Å². The Bertz CT molecular complexity index is 619. The van der Waals surface area contributed by atoms with E-state index in [9.17, 15) is 14.7 Å². The average molecular weight is 350 g/mol. The van der Waals surface area contributed by atoms with Gasteiger partial charge in [0.25, 0.3) is 5.91 Å². The minimum absolute atomic E-state index is 0.150. The molecule has 0 spiro atoms. The second-order valence-corrected chi connectivity index (χ2v) is 6.42. The number of ether oxygens (including phenoxy) is 2. The number of hydrogen-bond donors (Lipinski definition) is 2. The number of hydrogen-bond acceptors (Lipinski definition) is 6. The standard InChI is InChI=1S/C18H26N2O5/c1-4-12-6-5-7-13(18(23)25-11(2)10-12)20-17(22)15-16(21)14(24-3)8-9-19-15/h8-9,11-13,21H,4-7,10H2,1-3H3,(H,20,22)/t11?,12?,13-/m0/s1. The third-order valence-corrected chi connectivity index (χ3v) is 4.58. The van der Waals surface area contributed by atoms with Gasteiger partial charge in [-0.15, -0.1) is 0 Å². The molecule has 7 nitrogen and oxygen atoms in total. The van der Waals surface area contributed by atoms with Crippen LogP contribution in [0.25, 0.3) is 0 Å². The zero-order valence-corrected chi connectivity index (χ0v) is 14.9. The summed E-state index contributed by atoms with van der Waals surface area (Å²) < 4.78 is 10.4. The SMILES string of the molecule is CCC1CCC[C@H](NC(=O)c2nccc(OC)c2O)C(=O)OC(C)C1. The molecule has 2 heterocycles. The van der Waals surface area contributed by atoms with Crippen LogP contribution in [-0.2, 0) is 9.53 Å². The molecule has 3 atom stereocenters. The molecule has 1 aromatic rings. The molecule has 1 amide bonds. The van der Waals surface area contributed by atoms with Gasteiger partial charge in [-0.3, -0.25) is 4.79 Å². The van der Waals surface area contributed by atoms with Crippen molar-refractivity contribution < 1.29 is 24.2 Å². The molecule has 0 saturated carbocycles. The van der Waals surface area contributed by atoms with Gasteiger partial charge >= 0.3 is 5.97 Å². The molecule has 0 bridgehead atoms. The first-order chi connectivity index (χ1) is 12.0. The van der Waals surface area contributed by atoms with Crippen LogP contribution in [0.5, 0.6) is 11.5 Å². The average Bonchev–Trinajstić information content (AvgIpc) is 2.65. The molecule has 2 unspecified atom stereocenters. The first kappa shape index (κ1) is 19.0. The molecule has 0 aromatic carbocycles. The molecule has 138 valence electrons. The van der Waals surface area contributed by atoms with Gasteiger partial charge in [0, 0.05) is 12.3 Å². The number of nitrogens with one attached hydrogen (secondary N) is 1. The van der Waals surface area contributed by atoms with E-state index in [1.807, 2.05) is 6.92 Å². The van der Waals surface area contributed by atoms with Crippen molar-refractivity contribution in [2.45, 2.75) is 58.1 Å². The van der Waals surface area contributed by atoms with Crippen molar-refractivity contribution >= 4 is 11.9 Å². The van der Waals surface area contributed by atoms with Crippen LogP contribution >= 0.6 is 0 Å². The number of nitrogens with zero attached hydrogens (tertiary/aromatic N) is 1. The van der Waals surface area contributed by atoms with Gasteiger partial charge in [0.15, 0.2) is 17.2 Å². The van der Waals surface area contributed by atoms with E-state index in [4.69, 9.17) is 9.47 Å². The van der Waals surface area contributed by atoms with E-state index in [2.05, 4.69) is 17.2 Å². The molecule has 1 aliphatic rings. The lowest BCUT2D eigenvalue weighted by Crippen LogP contribution is -2.42. The Balaban J connectivity index is 2.11. The van der Waals surface area contributed by atoms with Crippen LogP contribution in [0, 0.1) is 5.92 Å². The lowest BCUT2D eigenvalue weighted by atomic mass is 9.93. The summed E-state index contributed by atoms with van der Waals surface area (Å²) in [6.45, 7) is 4.01. The van der Waals surface area contributed by atoms with Gasteiger partial charge in [-0.25, -0.2) is 9.78 Å². The maximum absolute atomic E-state index is 12.4. The number of aromatic hydroxyl groups is 1. The first-order valence-corrected chi connectivity index (χ1v) is 8.69. The summed E-state index contributed by atoms with van der Waals surface area (Å²) in [7, 11) is 1.39. The predicted octanol–water partition coefficient (Wildman–Crippen LogP) is 2.43.